The molecule has 1 fully saturated rings. The molecule has 1 heterocycles. The van der Waals surface area contributed by atoms with Gasteiger partial charge in [-0.15, -0.1) is 0 Å². The molecule has 7 heteroatoms. The fourth-order valence-electron chi connectivity index (χ4n) is 3.05. The van der Waals surface area contributed by atoms with E-state index in [4.69, 9.17) is 0 Å². The molecule has 1 aliphatic rings. The van der Waals surface area contributed by atoms with Crippen LogP contribution < -0.4 is 4.72 Å². The Morgan fingerprint density at radius 1 is 1.12 bits per heavy atom. The van der Waals surface area contributed by atoms with E-state index in [0.29, 0.717) is 19.5 Å². The zero-order valence-corrected chi connectivity index (χ0v) is 17.3. The van der Waals surface area contributed by atoms with Crippen molar-refractivity contribution >= 4 is 15.9 Å². The summed E-state index contributed by atoms with van der Waals surface area (Å²) in [6.45, 7) is 10.7. The van der Waals surface area contributed by atoms with Gasteiger partial charge in [-0.05, 0) is 56.5 Å². The molecule has 1 N–H and O–H groups in total. The van der Waals surface area contributed by atoms with Crippen LogP contribution in [0.25, 0.3) is 0 Å². The summed E-state index contributed by atoms with van der Waals surface area (Å²) in [4.78, 5) is 17.1. The van der Waals surface area contributed by atoms with Crippen LogP contribution in [0.15, 0.2) is 23.1 Å². The molecule has 0 saturated carbocycles. The van der Waals surface area contributed by atoms with Crippen LogP contribution >= 0.6 is 0 Å². The number of aryl methyl sites for hydroxylation is 2. The summed E-state index contributed by atoms with van der Waals surface area (Å²) >= 11 is 0. The average Bonchev–Trinajstić information content (AvgIpc) is 2.56. The molecule has 6 nitrogen and oxygen atoms in total. The van der Waals surface area contributed by atoms with Gasteiger partial charge in [0.05, 0.1) is 4.90 Å². The van der Waals surface area contributed by atoms with E-state index < -0.39 is 16.1 Å². The number of nitrogens with one attached hydrogen (secondary N) is 1. The van der Waals surface area contributed by atoms with Gasteiger partial charge >= 0.3 is 0 Å². The molecule has 0 spiro atoms. The third-order valence-corrected chi connectivity index (χ3v) is 6.38. The van der Waals surface area contributed by atoms with Crippen molar-refractivity contribution in [3.63, 3.8) is 0 Å². The highest BCUT2D eigenvalue weighted by Crippen LogP contribution is 2.17. The quantitative estimate of drug-likeness (QED) is 0.815. The summed E-state index contributed by atoms with van der Waals surface area (Å²) in [6.07, 6.45) is 0.481. The van der Waals surface area contributed by atoms with Gasteiger partial charge < -0.3 is 9.80 Å². The summed E-state index contributed by atoms with van der Waals surface area (Å²) in [6, 6.07) is 4.32. The summed E-state index contributed by atoms with van der Waals surface area (Å²) in [5.74, 6) is 0.0816. The van der Waals surface area contributed by atoms with Crippen molar-refractivity contribution in [2.75, 3.05) is 33.2 Å². The number of amides is 1. The third kappa shape index (κ3) is 5.28. The minimum absolute atomic E-state index is 0.126. The first-order chi connectivity index (χ1) is 12.1. The number of sulfonamides is 1. The predicted octanol–water partition coefficient (Wildman–Crippen LogP) is 1.77. The largest absolute Gasteiger partial charge is 0.339 e. The average molecular weight is 382 g/mol. The topological polar surface area (TPSA) is 69.7 Å². The first kappa shape index (κ1) is 20.9. The molecule has 0 unspecified atom stereocenters. The maximum atomic E-state index is 13.0. The Morgan fingerprint density at radius 3 is 2.27 bits per heavy atom. The van der Waals surface area contributed by atoms with Crippen LogP contribution in [-0.4, -0.2) is 63.4 Å². The summed E-state index contributed by atoms with van der Waals surface area (Å²) in [7, 11) is -1.72. The monoisotopic (exact) mass is 381 g/mol. The van der Waals surface area contributed by atoms with E-state index in [1.54, 1.807) is 23.1 Å². The number of carbonyl (C=O) groups is 1. The van der Waals surface area contributed by atoms with E-state index in [1.807, 2.05) is 34.7 Å². The highest BCUT2D eigenvalue weighted by molar-refractivity contribution is 7.89. The first-order valence-electron chi connectivity index (χ1n) is 9.17. The third-order valence-electron chi connectivity index (χ3n) is 4.91. The zero-order valence-electron chi connectivity index (χ0n) is 16.4. The van der Waals surface area contributed by atoms with Gasteiger partial charge in [-0.25, -0.2) is 8.42 Å². The van der Waals surface area contributed by atoms with Crippen molar-refractivity contribution in [1.82, 2.24) is 14.5 Å². The van der Waals surface area contributed by atoms with Crippen molar-refractivity contribution in [2.45, 2.75) is 45.1 Å². The van der Waals surface area contributed by atoms with Crippen LogP contribution in [-0.2, 0) is 14.8 Å². The van der Waals surface area contributed by atoms with Crippen molar-refractivity contribution in [2.24, 2.45) is 5.92 Å². The molecule has 1 amide bonds. The van der Waals surface area contributed by atoms with E-state index in [-0.39, 0.29) is 16.7 Å². The SMILES string of the molecule is Cc1ccc(S(=O)(=O)N[C@@H](CC(C)C)C(=O)N2CCN(C)CC2)cc1C. The Kier molecular flexibility index (Phi) is 6.82. The van der Waals surface area contributed by atoms with E-state index in [1.165, 1.54) is 0 Å². The molecular weight excluding hydrogens is 350 g/mol. The number of rotatable bonds is 6. The number of likely N-dealkylation sites (N-methyl/N-ethyl adjacent to an activating group) is 1. The summed E-state index contributed by atoms with van der Waals surface area (Å²) in [5.41, 5.74) is 1.95. The second-order valence-electron chi connectivity index (χ2n) is 7.68. The fourth-order valence-corrected chi connectivity index (χ4v) is 4.34. The lowest BCUT2D eigenvalue weighted by Gasteiger charge is -2.35. The van der Waals surface area contributed by atoms with Crippen molar-refractivity contribution in [3.8, 4) is 0 Å². The number of piperazine rings is 1. The molecule has 1 aromatic carbocycles. The molecule has 1 atom stereocenters. The first-order valence-corrected chi connectivity index (χ1v) is 10.7. The molecule has 26 heavy (non-hydrogen) atoms. The molecule has 1 saturated heterocycles. The number of carbonyl (C=O) groups excluding carboxylic acids is 1. The summed E-state index contributed by atoms with van der Waals surface area (Å²) < 4.78 is 28.3. The smallest absolute Gasteiger partial charge is 0.241 e. The Balaban J connectivity index is 2.20. The van der Waals surface area contributed by atoms with Crippen LogP contribution in [0.4, 0.5) is 0 Å². The van der Waals surface area contributed by atoms with Crippen LogP contribution in [0.1, 0.15) is 31.4 Å². The fraction of sp³-hybridized carbons (Fsp3) is 0.632. The highest BCUT2D eigenvalue weighted by Gasteiger charge is 2.31. The van der Waals surface area contributed by atoms with Gasteiger partial charge in [-0.2, -0.15) is 4.72 Å². The lowest BCUT2D eigenvalue weighted by atomic mass is 10.0. The molecule has 0 aromatic heterocycles. The predicted molar refractivity (Wildman–Crippen MR) is 104 cm³/mol. The molecule has 0 radical (unpaired) electrons. The Hall–Kier alpha value is -1.44. The molecule has 146 valence electrons. The lowest BCUT2D eigenvalue weighted by molar-refractivity contribution is -0.135. The van der Waals surface area contributed by atoms with Crippen molar-refractivity contribution in [1.29, 1.82) is 0 Å². The molecular formula is C19H31N3O3S. The molecule has 0 bridgehead atoms. The maximum Gasteiger partial charge on any atom is 0.241 e. The van der Waals surface area contributed by atoms with Gasteiger partial charge in [0.15, 0.2) is 0 Å². The zero-order chi connectivity index (χ0) is 19.5. The van der Waals surface area contributed by atoms with Crippen LogP contribution in [0.5, 0.6) is 0 Å². The molecule has 0 aliphatic carbocycles. The Bertz CT molecular complexity index is 738. The summed E-state index contributed by atoms with van der Waals surface area (Å²) in [5, 5.41) is 0. The van der Waals surface area contributed by atoms with Gasteiger partial charge in [0, 0.05) is 26.2 Å². The van der Waals surface area contributed by atoms with Crippen molar-refractivity contribution < 1.29 is 13.2 Å². The Morgan fingerprint density at radius 2 is 1.73 bits per heavy atom. The second kappa shape index (κ2) is 8.50. The number of nitrogens with zero attached hydrogens (tertiary/aromatic N) is 2. The molecule has 1 aromatic rings. The number of benzene rings is 1. The maximum absolute atomic E-state index is 13.0. The minimum atomic E-state index is -3.75. The Labute approximate surface area is 157 Å². The van der Waals surface area contributed by atoms with Crippen LogP contribution in [0.3, 0.4) is 0 Å². The normalized spacial score (nSPS) is 17.5. The van der Waals surface area contributed by atoms with Gasteiger partial charge in [0.1, 0.15) is 6.04 Å². The van der Waals surface area contributed by atoms with Crippen LogP contribution in [0, 0.1) is 19.8 Å². The van der Waals surface area contributed by atoms with Gasteiger partial charge in [0.2, 0.25) is 15.9 Å². The van der Waals surface area contributed by atoms with E-state index >= 15 is 0 Å². The number of hydrogen-bond donors (Lipinski definition) is 1. The van der Waals surface area contributed by atoms with E-state index in [0.717, 1.165) is 24.2 Å². The minimum Gasteiger partial charge on any atom is -0.339 e. The standard InChI is InChI=1S/C19H31N3O3S/c1-14(2)12-18(19(23)22-10-8-21(5)9-11-22)20-26(24,25)17-7-6-15(3)16(4)13-17/h6-7,13-14,18,20H,8-12H2,1-5H3/t18-/m0/s1. The highest BCUT2D eigenvalue weighted by atomic mass is 32.2. The molecule has 1 aliphatic heterocycles. The molecule has 2 rings (SSSR count). The van der Waals surface area contributed by atoms with Crippen LogP contribution in [0.2, 0.25) is 0 Å². The van der Waals surface area contributed by atoms with E-state index in [9.17, 15) is 13.2 Å². The van der Waals surface area contributed by atoms with Gasteiger partial charge in [-0.3, -0.25) is 4.79 Å². The van der Waals surface area contributed by atoms with Crippen molar-refractivity contribution in [3.05, 3.63) is 29.3 Å². The van der Waals surface area contributed by atoms with E-state index in [2.05, 4.69) is 9.62 Å². The van der Waals surface area contributed by atoms with Gasteiger partial charge in [-0.1, -0.05) is 19.9 Å². The lowest BCUT2D eigenvalue weighted by Crippen LogP contribution is -2.54. The van der Waals surface area contributed by atoms with Gasteiger partial charge in [0.25, 0.3) is 0 Å². The number of hydrogen-bond acceptors (Lipinski definition) is 4. The second-order valence-corrected chi connectivity index (χ2v) is 9.39.